The van der Waals surface area contributed by atoms with Crippen LogP contribution in [0.2, 0.25) is 0 Å². The van der Waals surface area contributed by atoms with E-state index in [2.05, 4.69) is 30.1 Å². The van der Waals surface area contributed by atoms with Crippen LogP contribution in [0.1, 0.15) is 0 Å². The second-order valence-corrected chi connectivity index (χ2v) is 5.00. The van der Waals surface area contributed by atoms with Gasteiger partial charge in [0.1, 0.15) is 5.69 Å². The second-order valence-electron chi connectivity index (χ2n) is 5.00. The average molecular weight is 312 g/mol. The highest BCUT2D eigenvalue weighted by Gasteiger charge is 2.08. The van der Waals surface area contributed by atoms with Crippen LogP contribution in [0.4, 0.5) is 0 Å². The molecule has 24 heavy (non-hydrogen) atoms. The minimum absolute atomic E-state index is 0.486. The summed E-state index contributed by atoms with van der Waals surface area (Å²) >= 11 is 0. The maximum absolute atomic E-state index is 4.67. The third-order valence-electron chi connectivity index (χ3n) is 3.40. The van der Waals surface area contributed by atoms with Crippen molar-refractivity contribution in [2.75, 3.05) is 0 Å². The Labute approximate surface area is 138 Å². The summed E-state index contributed by atoms with van der Waals surface area (Å²) in [5.41, 5.74) is 3.80. The molecular weight excluding hydrogens is 300 g/mol. The molecule has 0 saturated heterocycles. The van der Waals surface area contributed by atoms with Gasteiger partial charge < -0.3 is 0 Å². The quantitative estimate of drug-likeness (QED) is 0.578. The predicted molar refractivity (Wildman–Crippen MR) is 89.5 cm³/mol. The van der Waals surface area contributed by atoms with Crippen LogP contribution in [0.3, 0.4) is 0 Å². The van der Waals surface area contributed by atoms with E-state index in [4.69, 9.17) is 0 Å². The lowest BCUT2D eigenvalue weighted by Gasteiger charge is -2.05. The number of aromatic nitrogens is 6. The Morgan fingerprint density at radius 2 is 1.17 bits per heavy atom. The maximum atomic E-state index is 4.67. The van der Waals surface area contributed by atoms with E-state index in [1.165, 1.54) is 6.20 Å². The summed E-state index contributed by atoms with van der Waals surface area (Å²) in [5.74, 6) is 0.486. The number of hydrogen-bond donors (Lipinski definition) is 0. The smallest absolute Gasteiger partial charge is 0.200 e. The van der Waals surface area contributed by atoms with Crippen molar-refractivity contribution in [1.82, 2.24) is 30.1 Å². The molecule has 114 valence electrons. The Balaban J connectivity index is 1.75. The SMILES string of the molecule is c1ccc(-c2cccc(-c3cccc(-c4nccnn4)n3)n2)nc1. The first kappa shape index (κ1) is 14.1. The number of hydrogen-bond acceptors (Lipinski definition) is 6. The molecule has 4 rings (SSSR count). The van der Waals surface area contributed by atoms with Crippen LogP contribution in [0.5, 0.6) is 0 Å². The zero-order valence-electron chi connectivity index (χ0n) is 12.6. The van der Waals surface area contributed by atoms with E-state index in [0.717, 1.165) is 22.8 Å². The molecule has 0 unspecified atom stereocenters. The molecule has 6 nitrogen and oxygen atoms in total. The number of nitrogens with zero attached hydrogens (tertiary/aromatic N) is 6. The van der Waals surface area contributed by atoms with E-state index in [1.807, 2.05) is 54.6 Å². The van der Waals surface area contributed by atoms with E-state index in [-0.39, 0.29) is 0 Å². The molecule has 0 bridgehead atoms. The van der Waals surface area contributed by atoms with Gasteiger partial charge >= 0.3 is 0 Å². The summed E-state index contributed by atoms with van der Waals surface area (Å²) in [6.45, 7) is 0. The number of pyridine rings is 3. The molecule has 0 atom stereocenters. The van der Waals surface area contributed by atoms with E-state index in [0.29, 0.717) is 11.5 Å². The zero-order chi connectivity index (χ0) is 16.2. The third kappa shape index (κ3) is 2.85. The van der Waals surface area contributed by atoms with Gasteiger partial charge in [0.15, 0.2) is 5.82 Å². The van der Waals surface area contributed by atoms with Gasteiger partial charge in [-0.25, -0.2) is 15.0 Å². The highest BCUT2D eigenvalue weighted by molar-refractivity contribution is 5.63. The maximum Gasteiger partial charge on any atom is 0.200 e. The van der Waals surface area contributed by atoms with Crippen LogP contribution in [0.25, 0.3) is 34.3 Å². The molecule has 0 aliphatic rings. The van der Waals surface area contributed by atoms with Crippen molar-refractivity contribution < 1.29 is 0 Å². The van der Waals surface area contributed by atoms with Crippen LogP contribution in [-0.4, -0.2) is 30.1 Å². The van der Waals surface area contributed by atoms with Crippen LogP contribution >= 0.6 is 0 Å². The molecule has 4 aromatic rings. The summed E-state index contributed by atoms with van der Waals surface area (Å²) in [7, 11) is 0. The first-order chi connectivity index (χ1) is 11.9. The Kier molecular flexibility index (Phi) is 3.69. The van der Waals surface area contributed by atoms with E-state index >= 15 is 0 Å². The van der Waals surface area contributed by atoms with Gasteiger partial charge in [0, 0.05) is 12.4 Å². The van der Waals surface area contributed by atoms with Gasteiger partial charge in [0.2, 0.25) is 0 Å². The summed E-state index contributed by atoms with van der Waals surface area (Å²) in [4.78, 5) is 17.8. The van der Waals surface area contributed by atoms with Crippen LogP contribution in [0, 0.1) is 0 Å². The van der Waals surface area contributed by atoms with Gasteiger partial charge in [0.05, 0.1) is 29.0 Å². The van der Waals surface area contributed by atoms with Crippen molar-refractivity contribution in [2.45, 2.75) is 0 Å². The first-order valence-corrected chi connectivity index (χ1v) is 7.40. The summed E-state index contributed by atoms with van der Waals surface area (Å²) in [6.07, 6.45) is 4.88. The van der Waals surface area contributed by atoms with Crippen LogP contribution in [-0.2, 0) is 0 Å². The molecule has 0 amide bonds. The van der Waals surface area contributed by atoms with E-state index in [1.54, 1.807) is 12.4 Å². The Morgan fingerprint density at radius 1 is 0.500 bits per heavy atom. The lowest BCUT2D eigenvalue weighted by Crippen LogP contribution is -1.96. The predicted octanol–water partition coefficient (Wildman–Crippen LogP) is 3.06. The lowest BCUT2D eigenvalue weighted by atomic mass is 10.2. The molecule has 6 heteroatoms. The van der Waals surface area contributed by atoms with Gasteiger partial charge in [-0.3, -0.25) is 4.98 Å². The highest BCUT2D eigenvalue weighted by atomic mass is 15.1. The van der Waals surface area contributed by atoms with Gasteiger partial charge in [0.25, 0.3) is 0 Å². The molecule has 0 spiro atoms. The Morgan fingerprint density at radius 3 is 1.83 bits per heavy atom. The number of rotatable bonds is 3. The standard InChI is InChI=1S/C18H12N6/c1-2-10-19-13(5-1)14-6-3-7-15(22-14)16-8-4-9-17(23-16)18-20-11-12-21-24-18/h1-12H. The molecule has 0 aliphatic heterocycles. The van der Waals surface area contributed by atoms with Gasteiger partial charge in [-0.1, -0.05) is 18.2 Å². The fourth-order valence-corrected chi connectivity index (χ4v) is 2.30. The van der Waals surface area contributed by atoms with Crippen molar-refractivity contribution in [2.24, 2.45) is 0 Å². The van der Waals surface area contributed by atoms with Crippen molar-refractivity contribution in [1.29, 1.82) is 0 Å². The molecular formula is C18H12N6. The van der Waals surface area contributed by atoms with Crippen molar-refractivity contribution in [3.63, 3.8) is 0 Å². The zero-order valence-corrected chi connectivity index (χ0v) is 12.6. The Hall–Kier alpha value is -3.54. The first-order valence-electron chi connectivity index (χ1n) is 7.40. The molecule has 4 heterocycles. The molecule has 0 aromatic carbocycles. The van der Waals surface area contributed by atoms with Gasteiger partial charge in [-0.2, -0.15) is 5.10 Å². The lowest BCUT2D eigenvalue weighted by molar-refractivity contribution is 0.970. The minimum Gasteiger partial charge on any atom is -0.255 e. The second kappa shape index (κ2) is 6.29. The molecule has 4 aromatic heterocycles. The summed E-state index contributed by atoms with van der Waals surface area (Å²) < 4.78 is 0. The molecule has 0 N–H and O–H groups in total. The van der Waals surface area contributed by atoms with Gasteiger partial charge in [-0.05, 0) is 36.4 Å². The highest BCUT2D eigenvalue weighted by Crippen LogP contribution is 2.21. The fraction of sp³-hybridized carbons (Fsp3) is 0. The van der Waals surface area contributed by atoms with E-state index < -0.39 is 0 Å². The normalized spacial score (nSPS) is 10.5. The largest absolute Gasteiger partial charge is 0.255 e. The molecule has 0 saturated carbocycles. The van der Waals surface area contributed by atoms with E-state index in [9.17, 15) is 0 Å². The average Bonchev–Trinajstić information content (AvgIpc) is 2.70. The molecule has 0 aliphatic carbocycles. The van der Waals surface area contributed by atoms with Crippen LogP contribution < -0.4 is 0 Å². The fourth-order valence-electron chi connectivity index (χ4n) is 2.30. The Bertz CT molecular complexity index is 876. The van der Waals surface area contributed by atoms with Crippen LogP contribution in [0.15, 0.2) is 73.2 Å². The monoisotopic (exact) mass is 312 g/mol. The summed E-state index contributed by atoms with van der Waals surface area (Å²) in [5, 5.41) is 7.84. The van der Waals surface area contributed by atoms with Crippen molar-refractivity contribution >= 4 is 0 Å². The van der Waals surface area contributed by atoms with Crippen molar-refractivity contribution in [3.05, 3.63) is 73.2 Å². The van der Waals surface area contributed by atoms with Gasteiger partial charge in [-0.15, -0.1) is 5.10 Å². The molecule has 0 radical (unpaired) electrons. The molecule has 0 fully saturated rings. The third-order valence-corrected chi connectivity index (χ3v) is 3.40. The minimum atomic E-state index is 0.486. The summed E-state index contributed by atoms with van der Waals surface area (Å²) in [6, 6.07) is 17.2. The topological polar surface area (TPSA) is 77.3 Å². The van der Waals surface area contributed by atoms with Crippen molar-refractivity contribution in [3.8, 4) is 34.3 Å².